The normalized spacial score (nSPS) is 47.7. The van der Waals surface area contributed by atoms with Gasteiger partial charge in [-0.2, -0.15) is 0 Å². The molecule has 0 unspecified atom stereocenters. The summed E-state index contributed by atoms with van der Waals surface area (Å²) in [5.41, 5.74) is 1.10. The Labute approximate surface area is 114 Å². The van der Waals surface area contributed by atoms with Gasteiger partial charge in [0.15, 0.2) is 0 Å². The van der Waals surface area contributed by atoms with E-state index >= 15 is 0 Å². The fourth-order valence-electron chi connectivity index (χ4n) is 5.28. The third-order valence-electron chi connectivity index (χ3n) is 6.58. The largest absolute Gasteiger partial charge is 0.375 e. The molecule has 0 aromatic rings. The van der Waals surface area contributed by atoms with Crippen molar-refractivity contribution >= 4 is 0 Å². The second-order valence-corrected chi connectivity index (χ2v) is 7.91. The fraction of sp³-hybridized carbons (Fsp3) is 1.00. The van der Waals surface area contributed by atoms with Crippen LogP contribution in [0.2, 0.25) is 0 Å². The van der Waals surface area contributed by atoms with Crippen molar-refractivity contribution in [2.75, 3.05) is 6.61 Å². The van der Waals surface area contributed by atoms with E-state index in [9.17, 15) is 0 Å². The molecule has 0 bridgehead atoms. The summed E-state index contributed by atoms with van der Waals surface area (Å²) in [7, 11) is 0. The maximum absolute atomic E-state index is 6.16. The van der Waals surface area contributed by atoms with Gasteiger partial charge in [0.25, 0.3) is 0 Å². The van der Waals surface area contributed by atoms with Gasteiger partial charge in [0.1, 0.15) is 0 Å². The van der Waals surface area contributed by atoms with E-state index in [4.69, 9.17) is 4.74 Å². The summed E-state index contributed by atoms with van der Waals surface area (Å²) in [5.74, 6) is 1.55. The number of hydrogen-bond acceptors (Lipinski definition) is 1. The Balaban J connectivity index is 2.29. The van der Waals surface area contributed by atoms with Gasteiger partial charge in [-0.05, 0) is 62.2 Å². The molecular formula is C17H32O. The highest BCUT2D eigenvalue weighted by atomic mass is 16.5. The highest BCUT2D eigenvalue weighted by Crippen LogP contribution is 2.62. The van der Waals surface area contributed by atoms with Crippen molar-refractivity contribution in [2.45, 2.75) is 79.2 Å². The van der Waals surface area contributed by atoms with E-state index in [1.807, 2.05) is 0 Å². The Morgan fingerprint density at radius 1 is 1.06 bits per heavy atom. The molecule has 0 aromatic heterocycles. The van der Waals surface area contributed by atoms with Gasteiger partial charge < -0.3 is 4.74 Å². The lowest BCUT2D eigenvalue weighted by molar-refractivity contribution is -0.183. The molecule has 0 saturated heterocycles. The van der Waals surface area contributed by atoms with Gasteiger partial charge in [0.2, 0.25) is 0 Å². The maximum atomic E-state index is 6.16. The first-order valence-electron chi connectivity index (χ1n) is 7.90. The highest BCUT2D eigenvalue weighted by molar-refractivity contribution is 5.06. The van der Waals surface area contributed by atoms with E-state index in [0.29, 0.717) is 16.7 Å². The smallest absolute Gasteiger partial charge is 0.0685 e. The minimum absolute atomic E-state index is 0.105. The number of hydrogen-bond donors (Lipinski definition) is 0. The van der Waals surface area contributed by atoms with Crippen molar-refractivity contribution in [3.05, 3.63) is 0 Å². The molecule has 2 fully saturated rings. The van der Waals surface area contributed by atoms with Gasteiger partial charge in [-0.1, -0.05) is 34.1 Å². The van der Waals surface area contributed by atoms with Crippen molar-refractivity contribution in [2.24, 2.45) is 22.7 Å². The second-order valence-electron chi connectivity index (χ2n) is 7.91. The average molecular weight is 252 g/mol. The van der Waals surface area contributed by atoms with Crippen LogP contribution in [-0.4, -0.2) is 12.2 Å². The van der Waals surface area contributed by atoms with Crippen molar-refractivity contribution < 1.29 is 4.74 Å². The topological polar surface area (TPSA) is 9.23 Å². The summed E-state index contributed by atoms with van der Waals surface area (Å²) < 4.78 is 6.16. The standard InChI is InChI=1S/C17H32O/c1-7-18-17(6)12-9-14-15(3,4)10-8-11-16(14,5)13(17)2/h13-14H,7-12H2,1-6H3/t13-,14+,16-,17-/m0/s1. The highest BCUT2D eigenvalue weighted by Gasteiger charge is 2.56. The molecule has 106 valence electrons. The maximum Gasteiger partial charge on any atom is 0.0685 e. The van der Waals surface area contributed by atoms with E-state index in [0.717, 1.165) is 12.5 Å². The van der Waals surface area contributed by atoms with Gasteiger partial charge in [-0.15, -0.1) is 0 Å². The number of rotatable bonds is 2. The summed E-state index contributed by atoms with van der Waals surface area (Å²) in [6.45, 7) is 15.3. The van der Waals surface area contributed by atoms with Crippen molar-refractivity contribution in [1.82, 2.24) is 0 Å². The van der Waals surface area contributed by atoms with Crippen LogP contribution in [-0.2, 0) is 4.74 Å². The fourth-order valence-corrected chi connectivity index (χ4v) is 5.28. The molecule has 0 radical (unpaired) electrons. The van der Waals surface area contributed by atoms with Gasteiger partial charge in [0.05, 0.1) is 5.60 Å². The van der Waals surface area contributed by atoms with E-state index in [-0.39, 0.29) is 5.60 Å². The number of fused-ring (bicyclic) bond motifs is 1. The third-order valence-corrected chi connectivity index (χ3v) is 6.58. The molecule has 1 heteroatoms. The van der Waals surface area contributed by atoms with Crippen LogP contribution >= 0.6 is 0 Å². The molecule has 0 amide bonds. The van der Waals surface area contributed by atoms with E-state index in [2.05, 4.69) is 41.5 Å². The number of ether oxygens (including phenoxy) is 1. The quantitative estimate of drug-likeness (QED) is 0.668. The molecular weight excluding hydrogens is 220 g/mol. The Morgan fingerprint density at radius 2 is 1.72 bits per heavy atom. The zero-order valence-electron chi connectivity index (χ0n) is 13.3. The van der Waals surface area contributed by atoms with Crippen molar-refractivity contribution in [3.8, 4) is 0 Å². The van der Waals surface area contributed by atoms with Gasteiger partial charge in [0, 0.05) is 6.61 Å². The van der Waals surface area contributed by atoms with Crippen molar-refractivity contribution in [3.63, 3.8) is 0 Å². The first-order chi connectivity index (χ1) is 8.26. The summed E-state index contributed by atoms with van der Waals surface area (Å²) in [5, 5.41) is 0. The summed E-state index contributed by atoms with van der Waals surface area (Å²) in [4.78, 5) is 0. The lowest BCUT2D eigenvalue weighted by Crippen LogP contribution is -2.57. The van der Waals surface area contributed by atoms with Crippen LogP contribution in [0.25, 0.3) is 0 Å². The molecule has 2 aliphatic rings. The lowest BCUT2D eigenvalue weighted by atomic mass is 9.46. The predicted molar refractivity (Wildman–Crippen MR) is 77.7 cm³/mol. The molecule has 1 nitrogen and oxygen atoms in total. The van der Waals surface area contributed by atoms with Crippen LogP contribution in [0.4, 0.5) is 0 Å². The lowest BCUT2D eigenvalue weighted by Gasteiger charge is -2.61. The van der Waals surface area contributed by atoms with E-state index in [1.54, 1.807) is 0 Å². The minimum atomic E-state index is 0.105. The zero-order chi connectivity index (χ0) is 13.6. The Hall–Kier alpha value is -0.0400. The van der Waals surface area contributed by atoms with Crippen LogP contribution in [0.3, 0.4) is 0 Å². The van der Waals surface area contributed by atoms with Crippen LogP contribution in [0.15, 0.2) is 0 Å². The first kappa shape index (κ1) is 14.4. The molecule has 2 rings (SSSR count). The Morgan fingerprint density at radius 3 is 2.33 bits per heavy atom. The Kier molecular flexibility index (Phi) is 3.60. The molecule has 0 spiro atoms. The van der Waals surface area contributed by atoms with Crippen LogP contribution in [0.1, 0.15) is 73.6 Å². The summed E-state index contributed by atoms with van der Waals surface area (Å²) in [6, 6.07) is 0. The van der Waals surface area contributed by atoms with Gasteiger partial charge >= 0.3 is 0 Å². The SMILES string of the molecule is CCO[C@@]1(C)CC[C@@H]2C(C)(C)CCC[C@@]2(C)[C@@H]1C. The average Bonchev–Trinajstić information content (AvgIpc) is 2.25. The van der Waals surface area contributed by atoms with Gasteiger partial charge in [-0.25, -0.2) is 0 Å². The molecule has 4 atom stereocenters. The summed E-state index contributed by atoms with van der Waals surface area (Å²) >= 11 is 0. The predicted octanol–water partition coefficient (Wildman–Crippen LogP) is 5.04. The summed E-state index contributed by atoms with van der Waals surface area (Å²) in [6.07, 6.45) is 6.79. The first-order valence-corrected chi connectivity index (χ1v) is 7.90. The molecule has 0 aromatic carbocycles. The third kappa shape index (κ3) is 2.03. The van der Waals surface area contributed by atoms with Crippen LogP contribution in [0, 0.1) is 22.7 Å². The molecule has 0 N–H and O–H groups in total. The van der Waals surface area contributed by atoms with Crippen molar-refractivity contribution in [1.29, 1.82) is 0 Å². The van der Waals surface area contributed by atoms with Gasteiger partial charge in [-0.3, -0.25) is 0 Å². The molecule has 0 aliphatic heterocycles. The minimum Gasteiger partial charge on any atom is -0.375 e. The van der Waals surface area contributed by atoms with E-state index in [1.165, 1.54) is 32.1 Å². The zero-order valence-corrected chi connectivity index (χ0v) is 13.3. The molecule has 0 heterocycles. The molecule has 2 saturated carbocycles. The monoisotopic (exact) mass is 252 g/mol. The molecule has 18 heavy (non-hydrogen) atoms. The van der Waals surface area contributed by atoms with E-state index < -0.39 is 0 Å². The van der Waals surface area contributed by atoms with Crippen LogP contribution in [0.5, 0.6) is 0 Å². The Bertz CT molecular complexity index is 309. The second kappa shape index (κ2) is 4.51. The van der Waals surface area contributed by atoms with Crippen LogP contribution < -0.4 is 0 Å². The molecule has 2 aliphatic carbocycles.